The lowest BCUT2D eigenvalue weighted by Gasteiger charge is -2.21. The molecule has 0 radical (unpaired) electrons. The lowest BCUT2D eigenvalue weighted by Crippen LogP contribution is -2.47. The maximum absolute atomic E-state index is 13.1. The molecule has 0 fully saturated rings. The summed E-state index contributed by atoms with van der Waals surface area (Å²) in [5.41, 5.74) is 0.261. The molecular formula is C25H34N6O4S. The number of H-pyrrole nitrogens is 1. The van der Waals surface area contributed by atoms with Gasteiger partial charge in [0.2, 0.25) is 17.7 Å². The van der Waals surface area contributed by atoms with Gasteiger partial charge in [0.15, 0.2) is 5.13 Å². The van der Waals surface area contributed by atoms with Crippen LogP contribution in [0.15, 0.2) is 23.0 Å². The Kier molecular flexibility index (Phi) is 9.16. The van der Waals surface area contributed by atoms with E-state index in [0.29, 0.717) is 16.9 Å². The highest BCUT2D eigenvalue weighted by Crippen LogP contribution is 2.21. The molecule has 0 bridgehead atoms. The summed E-state index contributed by atoms with van der Waals surface area (Å²) in [5, 5.41) is 5.97. The van der Waals surface area contributed by atoms with E-state index in [1.807, 2.05) is 33.8 Å². The molecule has 36 heavy (non-hydrogen) atoms. The van der Waals surface area contributed by atoms with Gasteiger partial charge in [0.05, 0.1) is 11.8 Å². The summed E-state index contributed by atoms with van der Waals surface area (Å²) in [6, 6.07) is -0.837. The number of rotatable bonds is 11. The van der Waals surface area contributed by atoms with Gasteiger partial charge < -0.3 is 24.8 Å². The van der Waals surface area contributed by atoms with Gasteiger partial charge in [-0.05, 0) is 39.7 Å². The molecule has 0 spiro atoms. The van der Waals surface area contributed by atoms with Gasteiger partial charge in [-0.2, -0.15) is 0 Å². The van der Waals surface area contributed by atoms with Crippen LogP contribution in [0.3, 0.4) is 0 Å². The first kappa shape index (κ1) is 27.3. The summed E-state index contributed by atoms with van der Waals surface area (Å²) in [4.78, 5) is 42.1. The van der Waals surface area contributed by atoms with Crippen molar-refractivity contribution in [2.24, 2.45) is 5.92 Å². The number of aromatic amines is 1. The normalized spacial score (nSPS) is 12.9. The number of amides is 2. The van der Waals surface area contributed by atoms with Crippen molar-refractivity contribution in [1.29, 1.82) is 0 Å². The SMILES string of the molecule is Cc1ncc(C[C@H](NC(=O)COC(C)(C)C)C(=O)Nc2ncc(/C=C/c3ncc(CC(C)C)o3)s2)[nH]1. The number of aryl methyl sites for hydroxylation is 1. The van der Waals surface area contributed by atoms with Crippen LogP contribution in [0.1, 0.15) is 62.7 Å². The zero-order valence-electron chi connectivity index (χ0n) is 21.5. The smallest absolute Gasteiger partial charge is 0.249 e. The molecular weight excluding hydrogens is 480 g/mol. The molecule has 2 amide bonds. The van der Waals surface area contributed by atoms with Crippen LogP contribution in [0.4, 0.5) is 5.13 Å². The third-order valence-corrected chi connectivity index (χ3v) is 5.67. The van der Waals surface area contributed by atoms with Gasteiger partial charge >= 0.3 is 0 Å². The van der Waals surface area contributed by atoms with Crippen molar-refractivity contribution in [2.75, 3.05) is 11.9 Å². The lowest BCUT2D eigenvalue weighted by molar-refractivity contribution is -0.133. The maximum atomic E-state index is 13.1. The monoisotopic (exact) mass is 514 g/mol. The molecule has 0 aliphatic rings. The van der Waals surface area contributed by atoms with Gasteiger partial charge in [-0.3, -0.25) is 9.59 Å². The molecule has 0 unspecified atom stereocenters. The van der Waals surface area contributed by atoms with Gasteiger partial charge in [-0.25, -0.2) is 15.0 Å². The topological polar surface area (TPSA) is 135 Å². The molecule has 0 saturated heterocycles. The van der Waals surface area contributed by atoms with Gasteiger partial charge in [0.25, 0.3) is 0 Å². The maximum Gasteiger partial charge on any atom is 0.249 e. The number of aromatic nitrogens is 4. The molecule has 3 aromatic rings. The number of thiazole rings is 1. The fraction of sp³-hybridized carbons (Fsp3) is 0.480. The Morgan fingerprint density at radius 3 is 2.58 bits per heavy atom. The van der Waals surface area contributed by atoms with Crippen molar-refractivity contribution in [3.63, 3.8) is 0 Å². The summed E-state index contributed by atoms with van der Waals surface area (Å²) in [7, 11) is 0. The van der Waals surface area contributed by atoms with E-state index in [0.717, 1.165) is 28.6 Å². The Morgan fingerprint density at radius 1 is 1.14 bits per heavy atom. The highest BCUT2D eigenvalue weighted by atomic mass is 32.1. The molecule has 3 aromatic heterocycles. The van der Waals surface area contributed by atoms with Crippen molar-refractivity contribution in [2.45, 2.75) is 66.0 Å². The van der Waals surface area contributed by atoms with E-state index in [9.17, 15) is 9.59 Å². The first-order valence-corrected chi connectivity index (χ1v) is 12.6. The van der Waals surface area contributed by atoms with Crippen LogP contribution in [0.25, 0.3) is 12.2 Å². The molecule has 0 saturated carbocycles. The minimum atomic E-state index is -0.837. The number of anilines is 1. The largest absolute Gasteiger partial charge is 0.442 e. The summed E-state index contributed by atoms with van der Waals surface area (Å²) >= 11 is 1.30. The van der Waals surface area contributed by atoms with Crippen molar-refractivity contribution in [1.82, 2.24) is 25.3 Å². The van der Waals surface area contributed by atoms with Gasteiger partial charge in [-0.15, -0.1) is 0 Å². The number of nitrogens with zero attached hydrogens (tertiary/aromatic N) is 3. The Balaban J connectivity index is 1.63. The quantitative estimate of drug-likeness (QED) is 0.352. The van der Waals surface area contributed by atoms with Gasteiger partial charge in [-0.1, -0.05) is 25.2 Å². The van der Waals surface area contributed by atoms with Gasteiger partial charge in [0.1, 0.15) is 24.2 Å². The van der Waals surface area contributed by atoms with E-state index in [4.69, 9.17) is 9.15 Å². The highest BCUT2D eigenvalue weighted by Gasteiger charge is 2.24. The predicted octanol–water partition coefficient (Wildman–Crippen LogP) is 4.01. The van der Waals surface area contributed by atoms with E-state index in [1.54, 1.807) is 24.7 Å². The Labute approximate surface area is 215 Å². The molecule has 3 rings (SSSR count). The number of carbonyl (C=O) groups excluding carboxylic acids is 2. The predicted molar refractivity (Wildman–Crippen MR) is 139 cm³/mol. The zero-order chi connectivity index (χ0) is 26.3. The molecule has 1 atom stereocenters. The molecule has 0 aromatic carbocycles. The Hall–Kier alpha value is -3.31. The van der Waals surface area contributed by atoms with E-state index in [-0.39, 0.29) is 24.8 Å². The standard InChI is InChI=1S/C25H34N6O4S/c1-15(2)9-18-12-27-22(35-18)8-7-19-13-28-24(36-19)31-23(33)20(10-17-11-26-16(3)29-17)30-21(32)14-34-25(4,5)6/h7-8,11-13,15,20H,9-10,14H2,1-6H3,(H,26,29)(H,30,32)(H,28,31,33)/b8-7+/t20-/m0/s1. The van der Waals surface area contributed by atoms with Crippen molar-refractivity contribution >= 4 is 40.4 Å². The Bertz CT molecular complexity index is 1190. The van der Waals surface area contributed by atoms with Crippen molar-refractivity contribution in [3.8, 4) is 0 Å². The fourth-order valence-corrected chi connectivity index (χ4v) is 3.91. The molecule has 11 heteroatoms. The number of nitrogens with one attached hydrogen (secondary N) is 3. The number of carbonyl (C=O) groups is 2. The summed E-state index contributed by atoms with van der Waals surface area (Å²) in [5.74, 6) is 1.80. The van der Waals surface area contributed by atoms with Crippen LogP contribution >= 0.6 is 11.3 Å². The van der Waals surface area contributed by atoms with Crippen molar-refractivity contribution < 1.29 is 18.7 Å². The zero-order valence-corrected chi connectivity index (χ0v) is 22.4. The third kappa shape index (κ3) is 9.04. The van der Waals surface area contributed by atoms with Crippen molar-refractivity contribution in [3.05, 3.63) is 46.6 Å². The average Bonchev–Trinajstić information content (AvgIpc) is 3.51. The van der Waals surface area contributed by atoms with Crippen LogP contribution < -0.4 is 10.6 Å². The van der Waals surface area contributed by atoms with E-state index < -0.39 is 11.6 Å². The molecule has 3 heterocycles. The van der Waals surface area contributed by atoms with Crippen LogP contribution in [-0.2, 0) is 27.2 Å². The molecule has 0 aliphatic heterocycles. The Morgan fingerprint density at radius 2 is 1.92 bits per heavy atom. The van der Waals surface area contributed by atoms with Crippen LogP contribution in [0.2, 0.25) is 0 Å². The number of oxazole rings is 1. The van der Waals surface area contributed by atoms with Crippen LogP contribution in [-0.4, -0.2) is 50.0 Å². The first-order valence-electron chi connectivity index (χ1n) is 11.8. The third-order valence-electron chi connectivity index (χ3n) is 4.79. The minimum absolute atomic E-state index is 0.152. The lowest BCUT2D eigenvalue weighted by atomic mass is 10.1. The van der Waals surface area contributed by atoms with E-state index in [2.05, 4.69) is 44.4 Å². The summed E-state index contributed by atoms with van der Waals surface area (Å²) in [6.07, 6.45) is 9.70. The van der Waals surface area contributed by atoms with Crippen LogP contribution in [0, 0.1) is 12.8 Å². The number of hydrogen-bond acceptors (Lipinski definition) is 8. The second kappa shape index (κ2) is 12.1. The minimum Gasteiger partial charge on any atom is -0.442 e. The van der Waals surface area contributed by atoms with Crippen LogP contribution in [0.5, 0.6) is 0 Å². The number of ether oxygens (including phenoxy) is 1. The summed E-state index contributed by atoms with van der Waals surface area (Å²) < 4.78 is 11.2. The number of imidazole rings is 1. The second-order valence-electron chi connectivity index (χ2n) is 9.87. The first-order chi connectivity index (χ1) is 17.0. The second-order valence-corrected chi connectivity index (χ2v) is 10.9. The average molecular weight is 515 g/mol. The highest BCUT2D eigenvalue weighted by molar-refractivity contribution is 7.16. The molecule has 194 valence electrons. The molecule has 10 nitrogen and oxygen atoms in total. The molecule has 0 aliphatic carbocycles. The van der Waals surface area contributed by atoms with Gasteiger partial charge in [0, 0.05) is 41.9 Å². The summed E-state index contributed by atoms with van der Waals surface area (Å²) in [6.45, 7) is 11.5. The fourth-order valence-electron chi connectivity index (χ4n) is 3.19. The molecule has 3 N–H and O–H groups in total. The van der Waals surface area contributed by atoms with E-state index in [1.165, 1.54) is 11.3 Å². The van der Waals surface area contributed by atoms with E-state index >= 15 is 0 Å². The number of hydrogen-bond donors (Lipinski definition) is 3.